The third kappa shape index (κ3) is 3.00. The maximum Gasteiger partial charge on any atom is 0.265 e. The van der Waals surface area contributed by atoms with Crippen molar-refractivity contribution in [2.75, 3.05) is 11.1 Å². The van der Waals surface area contributed by atoms with Crippen molar-refractivity contribution in [2.45, 2.75) is 0 Å². The molecule has 0 fully saturated rings. The van der Waals surface area contributed by atoms with Gasteiger partial charge in [0.25, 0.3) is 5.91 Å². The predicted molar refractivity (Wildman–Crippen MR) is 75.8 cm³/mol. The minimum absolute atomic E-state index is 0.182. The average Bonchev–Trinajstić information content (AvgIpc) is 2.70. The molecule has 0 atom stereocenters. The first-order chi connectivity index (χ1) is 8.06. The summed E-state index contributed by atoms with van der Waals surface area (Å²) in [5.41, 5.74) is 6.97. The van der Waals surface area contributed by atoms with E-state index in [0.717, 1.165) is 4.47 Å². The van der Waals surface area contributed by atoms with Gasteiger partial charge >= 0.3 is 0 Å². The second-order valence-corrected chi connectivity index (χ2v) is 5.86. The number of nitrogens with two attached hydrogens (primary N) is 1. The average molecular weight is 332 g/mol. The van der Waals surface area contributed by atoms with Crippen molar-refractivity contribution >= 4 is 56.1 Å². The third-order valence-electron chi connectivity index (χ3n) is 2.06. The number of halogens is 2. The summed E-state index contributed by atoms with van der Waals surface area (Å²) >= 11 is 10.3. The summed E-state index contributed by atoms with van der Waals surface area (Å²) in [5.74, 6) is -0.182. The number of hydrogen-bond donors (Lipinski definition) is 2. The van der Waals surface area contributed by atoms with Crippen LogP contribution in [0.15, 0.2) is 34.8 Å². The van der Waals surface area contributed by atoms with Crippen molar-refractivity contribution in [1.82, 2.24) is 0 Å². The Morgan fingerprint density at radius 3 is 2.71 bits per heavy atom. The van der Waals surface area contributed by atoms with Crippen LogP contribution in [0.25, 0.3) is 0 Å². The van der Waals surface area contributed by atoms with Gasteiger partial charge in [-0.05, 0) is 46.3 Å². The Hall–Kier alpha value is -1.04. The van der Waals surface area contributed by atoms with E-state index in [1.54, 1.807) is 30.3 Å². The van der Waals surface area contributed by atoms with Gasteiger partial charge in [-0.1, -0.05) is 11.6 Å². The van der Waals surface area contributed by atoms with E-state index in [1.807, 2.05) is 0 Å². The molecule has 0 saturated carbocycles. The predicted octanol–water partition coefficient (Wildman–Crippen LogP) is 4.00. The summed E-state index contributed by atoms with van der Waals surface area (Å²) in [6.07, 6.45) is 0. The van der Waals surface area contributed by atoms with Crippen molar-refractivity contribution < 1.29 is 4.79 Å². The van der Waals surface area contributed by atoms with E-state index in [4.69, 9.17) is 17.3 Å². The van der Waals surface area contributed by atoms with E-state index in [2.05, 4.69) is 21.2 Å². The van der Waals surface area contributed by atoms with Crippen LogP contribution in [0.2, 0.25) is 4.34 Å². The zero-order chi connectivity index (χ0) is 12.4. The van der Waals surface area contributed by atoms with Gasteiger partial charge in [0.15, 0.2) is 0 Å². The van der Waals surface area contributed by atoms with Gasteiger partial charge in [-0.15, -0.1) is 11.3 Å². The van der Waals surface area contributed by atoms with E-state index < -0.39 is 0 Å². The molecule has 88 valence electrons. The van der Waals surface area contributed by atoms with Gasteiger partial charge in [-0.3, -0.25) is 4.79 Å². The Bertz CT molecular complexity index is 570. The molecule has 0 aliphatic heterocycles. The highest BCUT2D eigenvalue weighted by Gasteiger charge is 2.09. The highest BCUT2D eigenvalue weighted by Crippen LogP contribution is 2.25. The first-order valence-electron chi connectivity index (χ1n) is 4.68. The van der Waals surface area contributed by atoms with Crippen LogP contribution in [-0.4, -0.2) is 5.91 Å². The number of hydrogen-bond acceptors (Lipinski definition) is 3. The third-order valence-corrected chi connectivity index (χ3v) is 3.97. The number of carbonyl (C=O) groups is 1. The summed E-state index contributed by atoms with van der Waals surface area (Å²) in [7, 11) is 0. The van der Waals surface area contributed by atoms with Crippen LogP contribution in [0.5, 0.6) is 0 Å². The van der Waals surface area contributed by atoms with Crippen molar-refractivity contribution in [3.63, 3.8) is 0 Å². The van der Waals surface area contributed by atoms with Crippen LogP contribution in [0.1, 0.15) is 9.67 Å². The zero-order valence-corrected chi connectivity index (χ0v) is 11.7. The molecule has 2 rings (SSSR count). The fourth-order valence-corrected chi connectivity index (χ4v) is 2.55. The van der Waals surface area contributed by atoms with Crippen LogP contribution >= 0.6 is 38.9 Å². The Morgan fingerprint density at radius 2 is 2.12 bits per heavy atom. The highest BCUT2D eigenvalue weighted by atomic mass is 79.9. The quantitative estimate of drug-likeness (QED) is 0.817. The molecule has 1 amide bonds. The largest absolute Gasteiger partial charge is 0.398 e. The maximum absolute atomic E-state index is 11.8. The van der Waals surface area contributed by atoms with Crippen LogP contribution in [0.4, 0.5) is 11.4 Å². The summed E-state index contributed by atoms with van der Waals surface area (Å²) in [6.45, 7) is 0. The molecule has 1 aromatic carbocycles. The maximum atomic E-state index is 11.8. The number of thiophene rings is 1. The first-order valence-corrected chi connectivity index (χ1v) is 6.67. The number of rotatable bonds is 2. The monoisotopic (exact) mass is 330 g/mol. The molecule has 2 aromatic rings. The van der Waals surface area contributed by atoms with Gasteiger partial charge in [0, 0.05) is 15.8 Å². The fourth-order valence-electron chi connectivity index (χ4n) is 1.23. The second-order valence-electron chi connectivity index (χ2n) is 3.29. The topological polar surface area (TPSA) is 55.1 Å². The molecule has 0 saturated heterocycles. The minimum atomic E-state index is -0.182. The van der Waals surface area contributed by atoms with E-state index in [-0.39, 0.29) is 5.91 Å². The summed E-state index contributed by atoms with van der Waals surface area (Å²) in [4.78, 5) is 12.4. The Morgan fingerprint density at radius 1 is 1.35 bits per heavy atom. The standard InChI is InChI=1S/C11H8BrClN2OS/c12-7-5-6(1-2-8(7)14)15-11(16)9-3-4-10(13)17-9/h1-5H,14H2,(H,15,16). The second kappa shape index (κ2) is 5.08. The lowest BCUT2D eigenvalue weighted by Crippen LogP contribution is -2.10. The minimum Gasteiger partial charge on any atom is -0.398 e. The van der Waals surface area contributed by atoms with Gasteiger partial charge in [0.05, 0.1) is 9.21 Å². The molecule has 0 aliphatic carbocycles. The highest BCUT2D eigenvalue weighted by molar-refractivity contribution is 9.10. The van der Waals surface area contributed by atoms with Crippen molar-refractivity contribution in [3.8, 4) is 0 Å². The molecule has 17 heavy (non-hydrogen) atoms. The van der Waals surface area contributed by atoms with Gasteiger partial charge in [0.2, 0.25) is 0 Å². The molecule has 0 radical (unpaired) electrons. The van der Waals surface area contributed by atoms with Gasteiger partial charge < -0.3 is 11.1 Å². The molecule has 3 N–H and O–H groups in total. The number of benzene rings is 1. The Labute approximate surface area is 116 Å². The van der Waals surface area contributed by atoms with Crippen molar-refractivity contribution in [1.29, 1.82) is 0 Å². The van der Waals surface area contributed by atoms with E-state index in [0.29, 0.717) is 20.6 Å². The Kier molecular flexibility index (Phi) is 3.71. The van der Waals surface area contributed by atoms with Crippen LogP contribution in [-0.2, 0) is 0 Å². The number of carbonyl (C=O) groups excluding carboxylic acids is 1. The van der Waals surface area contributed by atoms with E-state index in [1.165, 1.54) is 11.3 Å². The zero-order valence-electron chi connectivity index (χ0n) is 8.54. The first kappa shape index (κ1) is 12.4. The number of anilines is 2. The van der Waals surface area contributed by atoms with Crippen molar-refractivity contribution in [3.05, 3.63) is 44.0 Å². The molecule has 3 nitrogen and oxygen atoms in total. The molecule has 1 heterocycles. The lowest BCUT2D eigenvalue weighted by Gasteiger charge is -2.05. The number of nitrogen functional groups attached to an aromatic ring is 1. The number of nitrogens with one attached hydrogen (secondary N) is 1. The molecule has 0 unspecified atom stereocenters. The van der Waals surface area contributed by atoms with Crippen LogP contribution in [0.3, 0.4) is 0 Å². The van der Waals surface area contributed by atoms with Crippen molar-refractivity contribution in [2.24, 2.45) is 0 Å². The Balaban J connectivity index is 2.15. The molecule has 6 heteroatoms. The van der Waals surface area contributed by atoms with E-state index >= 15 is 0 Å². The molecule has 0 aliphatic rings. The molecular formula is C11H8BrClN2OS. The summed E-state index contributed by atoms with van der Waals surface area (Å²) in [6, 6.07) is 8.60. The normalized spacial score (nSPS) is 10.2. The van der Waals surface area contributed by atoms with Gasteiger partial charge in [-0.2, -0.15) is 0 Å². The smallest absolute Gasteiger partial charge is 0.265 e. The molecule has 0 spiro atoms. The summed E-state index contributed by atoms with van der Waals surface area (Å²) in [5, 5.41) is 2.77. The number of amides is 1. The van der Waals surface area contributed by atoms with E-state index in [9.17, 15) is 4.79 Å². The summed E-state index contributed by atoms with van der Waals surface area (Å²) < 4.78 is 1.34. The lowest BCUT2D eigenvalue weighted by atomic mass is 10.3. The lowest BCUT2D eigenvalue weighted by molar-refractivity contribution is 0.103. The van der Waals surface area contributed by atoms with Gasteiger partial charge in [0.1, 0.15) is 0 Å². The van der Waals surface area contributed by atoms with Gasteiger partial charge in [-0.25, -0.2) is 0 Å². The van der Waals surface area contributed by atoms with Crippen LogP contribution in [0, 0.1) is 0 Å². The van der Waals surface area contributed by atoms with Crippen LogP contribution < -0.4 is 11.1 Å². The molecule has 1 aromatic heterocycles. The molecular weight excluding hydrogens is 324 g/mol. The fraction of sp³-hybridized carbons (Fsp3) is 0. The SMILES string of the molecule is Nc1ccc(NC(=O)c2ccc(Cl)s2)cc1Br. The molecule has 0 bridgehead atoms.